The Morgan fingerprint density at radius 1 is 1.26 bits per heavy atom. The number of hydrogen-bond acceptors (Lipinski definition) is 5. The van der Waals surface area contributed by atoms with Gasteiger partial charge in [0.15, 0.2) is 0 Å². The van der Waals surface area contributed by atoms with Gasteiger partial charge in [0.05, 0.1) is 18.3 Å². The number of rotatable bonds is 9. The van der Waals surface area contributed by atoms with E-state index in [1.54, 1.807) is 4.68 Å². The van der Waals surface area contributed by atoms with Gasteiger partial charge in [0.2, 0.25) is 5.91 Å². The van der Waals surface area contributed by atoms with Crippen molar-refractivity contribution < 1.29 is 19.1 Å². The molecule has 0 bridgehead atoms. The molecule has 2 rings (SSSR count). The van der Waals surface area contributed by atoms with Crippen molar-refractivity contribution in [2.45, 2.75) is 51.8 Å². The Kier molecular flexibility index (Phi) is 7.15. The Hall–Kier alpha value is -2.19. The van der Waals surface area contributed by atoms with Crippen molar-refractivity contribution in [3.05, 3.63) is 30.0 Å². The van der Waals surface area contributed by atoms with E-state index in [0.29, 0.717) is 13.3 Å². The fourth-order valence-corrected chi connectivity index (χ4v) is 3.51. The molecule has 0 radical (unpaired) electrons. The fraction of sp³-hybridized carbons (Fsp3) is 0.526. The molecule has 148 valence electrons. The van der Waals surface area contributed by atoms with E-state index < -0.39 is 20.1 Å². The molecule has 1 unspecified atom stereocenters. The van der Waals surface area contributed by atoms with Crippen LogP contribution >= 0.6 is 0 Å². The van der Waals surface area contributed by atoms with E-state index in [9.17, 15) is 9.59 Å². The van der Waals surface area contributed by atoms with Gasteiger partial charge in [0.25, 0.3) is 0 Å². The van der Waals surface area contributed by atoms with Crippen molar-refractivity contribution in [1.29, 1.82) is 0 Å². The number of ether oxygens (including phenoxy) is 2. The first-order chi connectivity index (χ1) is 12.7. The molecule has 7 nitrogen and oxygen atoms in total. The molecule has 0 spiro atoms. The van der Waals surface area contributed by atoms with Crippen LogP contribution in [0.25, 0.3) is 10.9 Å². The number of esters is 1. The van der Waals surface area contributed by atoms with Crippen molar-refractivity contribution in [2.75, 3.05) is 13.7 Å². The number of nitrogens with zero attached hydrogens (tertiary/aromatic N) is 2. The standard InChI is InChI=1S/C19H29N3O4Si/c1-14(23)20-17(19(24)25-2)12-16-15-8-6-7-9-18(15)22(21-16)13-26-10-11-27(3,4)5/h6-9,17H,10-13H2,1-5H3,(H,20,23). The number of carbonyl (C=O) groups is 2. The fourth-order valence-electron chi connectivity index (χ4n) is 2.75. The van der Waals surface area contributed by atoms with Crippen LogP contribution in [0.2, 0.25) is 25.7 Å². The van der Waals surface area contributed by atoms with Crippen LogP contribution in [0.1, 0.15) is 12.6 Å². The Morgan fingerprint density at radius 2 is 1.96 bits per heavy atom. The zero-order chi connectivity index (χ0) is 20.0. The Morgan fingerprint density at radius 3 is 2.59 bits per heavy atom. The summed E-state index contributed by atoms with van der Waals surface area (Å²) < 4.78 is 12.4. The molecule has 0 aliphatic carbocycles. The van der Waals surface area contributed by atoms with Gasteiger partial charge in [0.1, 0.15) is 12.8 Å². The zero-order valence-corrected chi connectivity index (χ0v) is 17.7. The highest BCUT2D eigenvalue weighted by Crippen LogP contribution is 2.20. The molecule has 1 N–H and O–H groups in total. The largest absolute Gasteiger partial charge is 0.467 e. The van der Waals surface area contributed by atoms with Crippen molar-refractivity contribution in [2.24, 2.45) is 0 Å². The van der Waals surface area contributed by atoms with E-state index in [0.717, 1.165) is 22.6 Å². The predicted molar refractivity (Wildman–Crippen MR) is 107 cm³/mol. The molecule has 0 aliphatic rings. The quantitative estimate of drug-likeness (QED) is 0.404. The van der Waals surface area contributed by atoms with Crippen LogP contribution in [0.5, 0.6) is 0 Å². The minimum Gasteiger partial charge on any atom is -0.467 e. The lowest BCUT2D eigenvalue weighted by Gasteiger charge is -2.15. The highest BCUT2D eigenvalue weighted by Gasteiger charge is 2.23. The molecule has 0 saturated carbocycles. The third-order valence-corrected chi connectivity index (χ3v) is 5.91. The summed E-state index contributed by atoms with van der Waals surface area (Å²) in [6, 6.07) is 8.11. The minimum absolute atomic E-state index is 0.259. The topological polar surface area (TPSA) is 82.4 Å². The van der Waals surface area contributed by atoms with E-state index in [-0.39, 0.29) is 12.3 Å². The maximum Gasteiger partial charge on any atom is 0.328 e. The zero-order valence-electron chi connectivity index (χ0n) is 16.7. The van der Waals surface area contributed by atoms with E-state index in [2.05, 4.69) is 30.1 Å². The molecule has 2 aromatic rings. The smallest absolute Gasteiger partial charge is 0.328 e. The van der Waals surface area contributed by atoms with Crippen LogP contribution < -0.4 is 5.32 Å². The first kappa shape index (κ1) is 21.1. The number of para-hydroxylation sites is 1. The van der Waals surface area contributed by atoms with Gasteiger partial charge in [-0.2, -0.15) is 5.10 Å². The molecule has 0 aliphatic heterocycles. The number of methoxy groups -OCH3 is 1. The average molecular weight is 392 g/mol. The molecule has 1 heterocycles. The monoisotopic (exact) mass is 391 g/mol. The predicted octanol–water partition coefficient (Wildman–Crippen LogP) is 2.57. The van der Waals surface area contributed by atoms with Gasteiger partial charge in [-0.1, -0.05) is 37.8 Å². The van der Waals surface area contributed by atoms with Crippen molar-refractivity contribution in [3.8, 4) is 0 Å². The highest BCUT2D eigenvalue weighted by atomic mass is 28.3. The van der Waals surface area contributed by atoms with Gasteiger partial charge in [-0.3, -0.25) is 4.79 Å². The lowest BCUT2D eigenvalue weighted by Crippen LogP contribution is -2.42. The van der Waals surface area contributed by atoms with Crippen molar-refractivity contribution in [1.82, 2.24) is 15.1 Å². The number of amides is 1. The van der Waals surface area contributed by atoms with Gasteiger partial charge in [-0.25, -0.2) is 9.48 Å². The number of hydrogen-bond donors (Lipinski definition) is 1. The van der Waals surface area contributed by atoms with Crippen LogP contribution in [-0.4, -0.2) is 49.5 Å². The summed E-state index contributed by atoms with van der Waals surface area (Å²) in [6.07, 6.45) is 0.259. The molecular formula is C19H29N3O4Si. The summed E-state index contributed by atoms with van der Waals surface area (Å²) >= 11 is 0. The molecule has 1 amide bonds. The summed E-state index contributed by atoms with van der Waals surface area (Å²) in [6.45, 7) is 9.37. The molecule has 0 saturated heterocycles. The third-order valence-electron chi connectivity index (χ3n) is 4.21. The van der Waals surface area contributed by atoms with Gasteiger partial charge >= 0.3 is 5.97 Å². The van der Waals surface area contributed by atoms with E-state index >= 15 is 0 Å². The van der Waals surface area contributed by atoms with Crippen molar-refractivity contribution in [3.63, 3.8) is 0 Å². The Labute approximate surface area is 161 Å². The van der Waals surface area contributed by atoms with Crippen LogP contribution in [0.3, 0.4) is 0 Å². The number of carbonyl (C=O) groups excluding carboxylic acids is 2. The molecule has 1 atom stereocenters. The molecule has 1 aromatic heterocycles. The number of aromatic nitrogens is 2. The van der Waals surface area contributed by atoms with Gasteiger partial charge < -0.3 is 14.8 Å². The summed E-state index contributed by atoms with van der Waals surface area (Å²) in [5.74, 6) is -0.779. The molecule has 0 fully saturated rings. The van der Waals surface area contributed by atoms with Crippen molar-refractivity contribution >= 4 is 30.9 Å². The summed E-state index contributed by atoms with van der Waals surface area (Å²) in [7, 11) is 0.161. The first-order valence-corrected chi connectivity index (χ1v) is 12.8. The molecule has 1 aromatic carbocycles. The Balaban J connectivity index is 2.19. The highest BCUT2D eigenvalue weighted by molar-refractivity contribution is 6.76. The van der Waals surface area contributed by atoms with Gasteiger partial charge in [-0.15, -0.1) is 0 Å². The second-order valence-electron chi connectivity index (χ2n) is 7.79. The lowest BCUT2D eigenvalue weighted by molar-refractivity contribution is -0.144. The van der Waals surface area contributed by atoms with Crippen LogP contribution in [0, 0.1) is 0 Å². The molecule has 8 heteroatoms. The number of nitrogens with one attached hydrogen (secondary N) is 1. The maximum atomic E-state index is 12.0. The van der Waals surface area contributed by atoms with E-state index in [1.807, 2.05) is 24.3 Å². The summed E-state index contributed by atoms with van der Waals surface area (Å²) in [4.78, 5) is 23.4. The van der Waals surface area contributed by atoms with Gasteiger partial charge in [-0.05, 0) is 12.1 Å². The van der Waals surface area contributed by atoms with Gasteiger partial charge in [0, 0.05) is 33.4 Å². The normalized spacial score (nSPS) is 12.8. The summed E-state index contributed by atoms with van der Waals surface area (Å²) in [5, 5.41) is 8.20. The second-order valence-corrected chi connectivity index (χ2v) is 13.4. The third kappa shape index (κ3) is 6.18. The second kappa shape index (κ2) is 9.14. The maximum absolute atomic E-state index is 12.0. The van der Waals surface area contributed by atoms with Crippen LogP contribution in [0.4, 0.5) is 0 Å². The average Bonchev–Trinajstić information content (AvgIpc) is 2.94. The SMILES string of the molecule is COC(=O)C(Cc1nn(COCC[Si](C)(C)C)c2ccccc12)NC(C)=O. The number of benzene rings is 1. The minimum atomic E-state index is -1.14. The number of fused-ring (bicyclic) bond motifs is 1. The van der Waals surface area contributed by atoms with Crippen LogP contribution in [0.15, 0.2) is 24.3 Å². The first-order valence-electron chi connectivity index (χ1n) is 9.08. The van der Waals surface area contributed by atoms with Crippen LogP contribution in [-0.2, 0) is 32.2 Å². The summed E-state index contributed by atoms with van der Waals surface area (Å²) in [5.41, 5.74) is 1.66. The van der Waals surface area contributed by atoms with E-state index in [4.69, 9.17) is 9.47 Å². The molecule has 27 heavy (non-hydrogen) atoms. The Bertz CT molecular complexity index is 798. The lowest BCUT2D eigenvalue weighted by atomic mass is 10.1. The molecular weight excluding hydrogens is 362 g/mol. The van der Waals surface area contributed by atoms with E-state index in [1.165, 1.54) is 14.0 Å².